The molecule has 0 spiro atoms. The molecule has 0 amide bonds. The lowest BCUT2D eigenvalue weighted by molar-refractivity contribution is -0.137. The Morgan fingerprint density at radius 2 is 1.55 bits per heavy atom. The molecule has 1 heterocycles. The van der Waals surface area contributed by atoms with Crippen LogP contribution in [0, 0.1) is 0 Å². The number of alkyl halides is 3. The predicted molar refractivity (Wildman–Crippen MR) is 98.5 cm³/mol. The number of hydrogen-bond acceptors (Lipinski definition) is 5. The van der Waals surface area contributed by atoms with Gasteiger partial charge in [-0.15, -0.1) is 0 Å². The van der Waals surface area contributed by atoms with Crippen molar-refractivity contribution >= 4 is 10.0 Å². The molecule has 0 atom stereocenters. The van der Waals surface area contributed by atoms with Crippen LogP contribution < -0.4 is 9.47 Å². The third kappa shape index (κ3) is 5.62. The van der Waals surface area contributed by atoms with Gasteiger partial charge in [0.2, 0.25) is 10.0 Å². The first kappa shape index (κ1) is 21.4. The highest BCUT2D eigenvalue weighted by Crippen LogP contribution is 2.31. The van der Waals surface area contributed by atoms with Gasteiger partial charge in [-0.2, -0.15) is 17.5 Å². The maximum Gasteiger partial charge on any atom is 0.416 e. The Bertz CT molecular complexity index is 910. The summed E-state index contributed by atoms with van der Waals surface area (Å²) in [7, 11) is -3.57. The molecule has 0 bridgehead atoms. The van der Waals surface area contributed by atoms with Gasteiger partial charge in [0.05, 0.1) is 23.7 Å². The van der Waals surface area contributed by atoms with Crippen LogP contribution in [0.15, 0.2) is 53.4 Å². The predicted octanol–water partition coefficient (Wildman–Crippen LogP) is 3.18. The Morgan fingerprint density at radius 3 is 2.17 bits per heavy atom. The van der Waals surface area contributed by atoms with Gasteiger partial charge >= 0.3 is 6.18 Å². The lowest BCUT2D eigenvalue weighted by atomic mass is 10.2. The van der Waals surface area contributed by atoms with Crippen LogP contribution in [0.4, 0.5) is 13.2 Å². The van der Waals surface area contributed by atoms with Crippen molar-refractivity contribution in [1.82, 2.24) is 4.31 Å². The van der Waals surface area contributed by atoms with E-state index in [0.29, 0.717) is 32.1 Å². The second-order valence-corrected chi connectivity index (χ2v) is 8.15. The molecule has 0 unspecified atom stereocenters. The summed E-state index contributed by atoms with van der Waals surface area (Å²) in [4.78, 5) is 0.159. The zero-order valence-corrected chi connectivity index (χ0v) is 16.2. The van der Waals surface area contributed by atoms with Gasteiger partial charge in [0, 0.05) is 13.1 Å². The second-order valence-electron chi connectivity index (χ2n) is 6.21. The van der Waals surface area contributed by atoms with Crippen molar-refractivity contribution in [1.29, 1.82) is 0 Å². The highest BCUT2D eigenvalue weighted by molar-refractivity contribution is 7.89. The molecule has 29 heavy (non-hydrogen) atoms. The molecular weight excluding hydrogens is 411 g/mol. The fraction of sp³-hybridized carbons (Fsp3) is 0.368. The summed E-state index contributed by atoms with van der Waals surface area (Å²) in [6.07, 6.45) is -4.43. The molecule has 1 aliphatic rings. The van der Waals surface area contributed by atoms with E-state index in [-0.39, 0.29) is 23.9 Å². The van der Waals surface area contributed by atoms with Crippen molar-refractivity contribution in [3.8, 4) is 11.5 Å². The maximum absolute atomic E-state index is 12.7. The summed E-state index contributed by atoms with van der Waals surface area (Å²) in [5.74, 6) is 0.522. The first-order valence-corrected chi connectivity index (χ1v) is 10.3. The van der Waals surface area contributed by atoms with Gasteiger partial charge in [0.25, 0.3) is 0 Å². The Balaban J connectivity index is 1.51. The number of rotatable bonds is 7. The number of halogens is 3. The van der Waals surface area contributed by atoms with E-state index in [1.807, 2.05) is 0 Å². The third-order valence-electron chi connectivity index (χ3n) is 4.21. The fourth-order valence-corrected chi connectivity index (χ4v) is 4.13. The maximum atomic E-state index is 12.7. The van der Waals surface area contributed by atoms with Gasteiger partial charge < -0.3 is 14.2 Å². The molecule has 2 aromatic rings. The highest BCUT2D eigenvalue weighted by Gasteiger charge is 2.30. The third-order valence-corrected chi connectivity index (χ3v) is 6.13. The number of benzene rings is 2. The smallest absolute Gasteiger partial charge is 0.416 e. The first-order chi connectivity index (χ1) is 13.8. The lowest BCUT2D eigenvalue weighted by Crippen LogP contribution is -2.40. The Labute approximate surface area is 166 Å². The van der Waals surface area contributed by atoms with E-state index >= 15 is 0 Å². The molecule has 2 aromatic carbocycles. The van der Waals surface area contributed by atoms with Crippen molar-refractivity contribution in [3.05, 3.63) is 54.1 Å². The summed E-state index contributed by atoms with van der Waals surface area (Å²) in [6.45, 7) is 1.49. The van der Waals surface area contributed by atoms with E-state index in [1.165, 1.54) is 40.7 Å². The largest absolute Gasteiger partial charge is 0.490 e. The summed E-state index contributed by atoms with van der Waals surface area (Å²) in [5.41, 5.74) is -0.784. The normalized spacial score (nSPS) is 15.8. The van der Waals surface area contributed by atoms with Gasteiger partial charge in [-0.25, -0.2) is 8.42 Å². The minimum Gasteiger partial charge on any atom is -0.490 e. The zero-order chi connectivity index (χ0) is 20.9. The number of sulfonamides is 1. The average Bonchev–Trinajstić information content (AvgIpc) is 2.72. The lowest BCUT2D eigenvalue weighted by Gasteiger charge is -2.26. The number of hydrogen-bond donors (Lipinski definition) is 0. The summed E-state index contributed by atoms with van der Waals surface area (Å²) in [5, 5.41) is 0. The molecule has 158 valence electrons. The molecule has 0 aromatic heterocycles. The van der Waals surface area contributed by atoms with E-state index in [2.05, 4.69) is 0 Å². The molecule has 0 saturated carbocycles. The van der Waals surface area contributed by atoms with E-state index < -0.39 is 21.8 Å². The second kappa shape index (κ2) is 9.02. The minimum atomic E-state index is -4.43. The molecule has 1 aliphatic heterocycles. The molecule has 0 radical (unpaired) electrons. The van der Waals surface area contributed by atoms with E-state index in [9.17, 15) is 21.6 Å². The molecule has 3 rings (SSSR count). The van der Waals surface area contributed by atoms with Crippen LogP contribution in [0.1, 0.15) is 5.56 Å². The summed E-state index contributed by atoms with van der Waals surface area (Å²) in [6, 6.07) is 10.5. The monoisotopic (exact) mass is 431 g/mol. The Morgan fingerprint density at radius 1 is 0.931 bits per heavy atom. The standard InChI is InChI=1S/C19H20F3NO5S/c20-19(21,22)15-2-1-3-17(14-15)28-13-12-27-16-4-6-18(7-5-16)29(24,25)23-8-10-26-11-9-23/h1-7,14H,8-13H2. The molecule has 1 fully saturated rings. The SMILES string of the molecule is O=S(=O)(c1ccc(OCCOc2cccc(C(F)(F)F)c2)cc1)N1CCOCC1. The summed E-state index contributed by atoms with van der Waals surface area (Å²) < 4.78 is 80.4. The van der Waals surface area contributed by atoms with Gasteiger partial charge in [-0.1, -0.05) is 6.07 Å². The quantitative estimate of drug-likeness (QED) is 0.630. The van der Waals surface area contributed by atoms with Crippen LogP contribution in [-0.2, 0) is 20.9 Å². The minimum absolute atomic E-state index is 0.0368. The Kier molecular flexibility index (Phi) is 6.66. The Hall–Kier alpha value is -2.30. The van der Waals surface area contributed by atoms with Gasteiger partial charge in [-0.3, -0.25) is 0 Å². The highest BCUT2D eigenvalue weighted by atomic mass is 32.2. The van der Waals surface area contributed by atoms with Gasteiger partial charge in [-0.05, 0) is 42.5 Å². The fourth-order valence-electron chi connectivity index (χ4n) is 2.73. The van der Waals surface area contributed by atoms with Crippen molar-refractivity contribution in [2.24, 2.45) is 0 Å². The van der Waals surface area contributed by atoms with E-state index in [1.54, 1.807) is 0 Å². The number of morpholine rings is 1. The average molecular weight is 431 g/mol. The van der Waals surface area contributed by atoms with Crippen LogP contribution in [0.5, 0.6) is 11.5 Å². The van der Waals surface area contributed by atoms with Crippen molar-refractivity contribution < 1.29 is 35.8 Å². The van der Waals surface area contributed by atoms with E-state index in [4.69, 9.17) is 14.2 Å². The molecule has 0 aliphatic carbocycles. The zero-order valence-electron chi connectivity index (χ0n) is 15.4. The molecule has 1 saturated heterocycles. The van der Waals surface area contributed by atoms with Crippen LogP contribution in [0.2, 0.25) is 0 Å². The van der Waals surface area contributed by atoms with Crippen LogP contribution in [-0.4, -0.2) is 52.2 Å². The molecular formula is C19H20F3NO5S. The number of ether oxygens (including phenoxy) is 3. The molecule has 10 heteroatoms. The van der Waals surface area contributed by atoms with Crippen LogP contribution >= 0.6 is 0 Å². The van der Waals surface area contributed by atoms with Crippen LogP contribution in [0.25, 0.3) is 0 Å². The number of nitrogens with zero attached hydrogens (tertiary/aromatic N) is 1. The van der Waals surface area contributed by atoms with Crippen molar-refractivity contribution in [3.63, 3.8) is 0 Å². The molecule has 0 N–H and O–H groups in total. The molecule has 6 nitrogen and oxygen atoms in total. The van der Waals surface area contributed by atoms with Gasteiger partial charge in [0.1, 0.15) is 24.7 Å². The van der Waals surface area contributed by atoms with E-state index in [0.717, 1.165) is 12.1 Å². The summed E-state index contributed by atoms with van der Waals surface area (Å²) >= 11 is 0. The first-order valence-electron chi connectivity index (χ1n) is 8.88. The topological polar surface area (TPSA) is 65.1 Å². The van der Waals surface area contributed by atoms with Crippen LogP contribution in [0.3, 0.4) is 0 Å². The van der Waals surface area contributed by atoms with Crippen molar-refractivity contribution in [2.45, 2.75) is 11.1 Å². The van der Waals surface area contributed by atoms with Gasteiger partial charge in [0.15, 0.2) is 0 Å². The van der Waals surface area contributed by atoms with Crippen molar-refractivity contribution in [2.75, 3.05) is 39.5 Å².